The number of fused-ring (bicyclic) bond motifs is 2. The van der Waals surface area contributed by atoms with Crippen LogP contribution in [0.3, 0.4) is 0 Å². The number of nitrogen functional groups attached to an aromatic ring is 1. The first-order valence-corrected chi connectivity index (χ1v) is 10.0. The van der Waals surface area contributed by atoms with Crippen molar-refractivity contribution in [3.05, 3.63) is 65.2 Å². The number of nitrogens with two attached hydrogens (primary N) is 1. The number of hydrogen-bond donors (Lipinski definition) is 2. The van der Waals surface area contributed by atoms with Gasteiger partial charge in [0.2, 0.25) is 0 Å². The third-order valence-electron chi connectivity index (χ3n) is 4.92. The predicted molar refractivity (Wildman–Crippen MR) is 121 cm³/mol. The van der Waals surface area contributed by atoms with Crippen molar-refractivity contribution < 1.29 is 4.79 Å². The van der Waals surface area contributed by atoms with Gasteiger partial charge in [0.05, 0.1) is 17.2 Å². The minimum atomic E-state index is -0.264. The van der Waals surface area contributed by atoms with Crippen LogP contribution in [0.5, 0.6) is 0 Å². The van der Waals surface area contributed by atoms with E-state index in [-0.39, 0.29) is 11.7 Å². The van der Waals surface area contributed by atoms with Gasteiger partial charge in [0.1, 0.15) is 16.9 Å². The lowest BCUT2D eigenvalue weighted by molar-refractivity contribution is 0.0955. The molecule has 2 aromatic heterocycles. The van der Waals surface area contributed by atoms with Gasteiger partial charge in [-0.3, -0.25) is 4.79 Å². The standard InChI is InChI=1S/C23H24N6O/c1-3-4-13-25-23(30)19-20-22(28-18-8-6-5-7-17(18)27-20)29(21(19)24)26-14-16-11-9-15(2)10-12-16/h5-12,14H,3-4,13,24H2,1-2H3,(H,25,30)/b26-14+. The number of anilines is 1. The summed E-state index contributed by atoms with van der Waals surface area (Å²) < 4.78 is 1.49. The van der Waals surface area contributed by atoms with E-state index >= 15 is 0 Å². The molecule has 152 valence electrons. The summed E-state index contributed by atoms with van der Waals surface area (Å²) in [5.74, 6) is -0.0440. The van der Waals surface area contributed by atoms with Gasteiger partial charge in [0.25, 0.3) is 5.91 Å². The highest BCUT2D eigenvalue weighted by Gasteiger charge is 2.23. The molecule has 0 aliphatic carbocycles. The van der Waals surface area contributed by atoms with E-state index < -0.39 is 0 Å². The summed E-state index contributed by atoms with van der Waals surface area (Å²) in [5, 5.41) is 7.45. The molecule has 0 atom stereocenters. The van der Waals surface area contributed by atoms with Crippen LogP contribution in [0.4, 0.5) is 5.82 Å². The van der Waals surface area contributed by atoms with E-state index in [2.05, 4.69) is 22.3 Å². The third kappa shape index (κ3) is 3.74. The Kier molecular flexibility index (Phi) is 5.43. The second-order valence-corrected chi connectivity index (χ2v) is 7.22. The Labute approximate surface area is 174 Å². The molecule has 0 saturated carbocycles. The average molecular weight is 400 g/mol. The van der Waals surface area contributed by atoms with Gasteiger partial charge in [-0.1, -0.05) is 55.3 Å². The molecule has 7 nitrogen and oxygen atoms in total. The molecule has 4 aromatic rings. The second kappa shape index (κ2) is 8.32. The normalized spacial score (nSPS) is 11.5. The average Bonchev–Trinajstić information content (AvgIpc) is 3.02. The summed E-state index contributed by atoms with van der Waals surface area (Å²) in [6.07, 6.45) is 3.58. The SMILES string of the molecule is CCCCNC(=O)c1c(N)n(/N=C/c2ccc(C)cc2)c2nc3ccccc3nc12. The smallest absolute Gasteiger partial charge is 0.257 e. The molecule has 3 N–H and O–H groups in total. The van der Waals surface area contributed by atoms with Crippen molar-refractivity contribution in [3.8, 4) is 0 Å². The monoisotopic (exact) mass is 400 g/mol. The lowest BCUT2D eigenvalue weighted by Crippen LogP contribution is -2.25. The molecule has 0 saturated heterocycles. The largest absolute Gasteiger partial charge is 0.383 e. The molecule has 0 fully saturated rings. The first kappa shape index (κ1) is 19.6. The number of carbonyl (C=O) groups is 1. The molecule has 30 heavy (non-hydrogen) atoms. The molecule has 0 radical (unpaired) electrons. The van der Waals surface area contributed by atoms with Crippen molar-refractivity contribution in [1.29, 1.82) is 0 Å². The number of aromatic nitrogens is 3. The van der Waals surface area contributed by atoms with E-state index in [4.69, 9.17) is 10.7 Å². The Bertz CT molecular complexity index is 1240. The molecule has 0 aliphatic heterocycles. The predicted octanol–water partition coefficient (Wildman–Crippen LogP) is 3.89. The minimum absolute atomic E-state index is 0.220. The number of amides is 1. The molecule has 2 heterocycles. The number of benzene rings is 2. The van der Waals surface area contributed by atoms with Gasteiger partial charge < -0.3 is 11.1 Å². The van der Waals surface area contributed by atoms with Crippen LogP contribution in [0, 0.1) is 6.92 Å². The van der Waals surface area contributed by atoms with Gasteiger partial charge in [-0.2, -0.15) is 9.78 Å². The number of unbranched alkanes of at least 4 members (excludes halogenated alkanes) is 1. The van der Waals surface area contributed by atoms with E-state index in [9.17, 15) is 4.79 Å². The van der Waals surface area contributed by atoms with Gasteiger partial charge >= 0.3 is 0 Å². The fraction of sp³-hybridized carbons (Fsp3) is 0.217. The molecular formula is C23H24N6O. The molecular weight excluding hydrogens is 376 g/mol. The summed E-state index contributed by atoms with van der Waals surface area (Å²) in [6.45, 7) is 4.68. The highest BCUT2D eigenvalue weighted by molar-refractivity contribution is 6.10. The number of nitrogens with one attached hydrogen (secondary N) is 1. The minimum Gasteiger partial charge on any atom is -0.383 e. The highest BCUT2D eigenvalue weighted by Crippen LogP contribution is 2.27. The van der Waals surface area contributed by atoms with E-state index in [0.29, 0.717) is 34.3 Å². The Morgan fingerprint density at radius 3 is 2.53 bits per heavy atom. The van der Waals surface area contributed by atoms with Gasteiger partial charge in [-0.05, 0) is 31.0 Å². The van der Waals surface area contributed by atoms with E-state index in [1.54, 1.807) is 6.21 Å². The van der Waals surface area contributed by atoms with E-state index in [1.807, 2.05) is 55.5 Å². The van der Waals surface area contributed by atoms with Crippen molar-refractivity contribution in [2.45, 2.75) is 26.7 Å². The lowest BCUT2D eigenvalue weighted by Gasteiger charge is -2.04. The summed E-state index contributed by atoms with van der Waals surface area (Å²) in [4.78, 5) is 22.3. The topological polar surface area (TPSA) is 98.2 Å². The summed E-state index contributed by atoms with van der Waals surface area (Å²) in [5.41, 5.74) is 11.1. The zero-order chi connectivity index (χ0) is 21.1. The van der Waals surface area contributed by atoms with Gasteiger partial charge in [0.15, 0.2) is 5.65 Å². The van der Waals surface area contributed by atoms with E-state index in [0.717, 1.165) is 18.4 Å². The Hall–Kier alpha value is -3.74. The summed E-state index contributed by atoms with van der Waals surface area (Å²) in [6, 6.07) is 15.5. The maximum atomic E-state index is 12.9. The third-order valence-corrected chi connectivity index (χ3v) is 4.92. The molecule has 0 aliphatic rings. The van der Waals surface area contributed by atoms with Crippen LogP contribution in [0.2, 0.25) is 0 Å². The van der Waals surface area contributed by atoms with Crippen LogP contribution in [0.15, 0.2) is 53.6 Å². The first-order valence-electron chi connectivity index (χ1n) is 10.0. The second-order valence-electron chi connectivity index (χ2n) is 7.22. The number of nitrogens with zero attached hydrogens (tertiary/aromatic N) is 4. The zero-order valence-electron chi connectivity index (χ0n) is 17.1. The molecule has 0 bridgehead atoms. The highest BCUT2D eigenvalue weighted by atomic mass is 16.1. The van der Waals surface area contributed by atoms with Crippen LogP contribution >= 0.6 is 0 Å². The van der Waals surface area contributed by atoms with Crippen LogP contribution < -0.4 is 11.1 Å². The number of hydrogen-bond acceptors (Lipinski definition) is 5. The molecule has 1 amide bonds. The van der Waals surface area contributed by atoms with Gasteiger partial charge in [-0.15, -0.1) is 0 Å². The number of aryl methyl sites for hydroxylation is 1. The van der Waals surface area contributed by atoms with Crippen molar-refractivity contribution in [3.63, 3.8) is 0 Å². The molecule has 0 unspecified atom stereocenters. The summed E-state index contributed by atoms with van der Waals surface area (Å²) in [7, 11) is 0. The lowest BCUT2D eigenvalue weighted by atomic mass is 10.2. The quantitative estimate of drug-likeness (QED) is 0.379. The van der Waals surface area contributed by atoms with Crippen LogP contribution in [0.1, 0.15) is 41.3 Å². The maximum absolute atomic E-state index is 12.9. The number of carbonyl (C=O) groups excluding carboxylic acids is 1. The fourth-order valence-electron chi connectivity index (χ4n) is 3.23. The molecule has 2 aromatic carbocycles. The van der Waals surface area contributed by atoms with Gasteiger partial charge in [0, 0.05) is 6.54 Å². The Balaban J connectivity index is 1.85. The summed E-state index contributed by atoms with van der Waals surface area (Å²) >= 11 is 0. The van der Waals surface area contributed by atoms with Crippen molar-refractivity contribution >= 4 is 40.1 Å². The van der Waals surface area contributed by atoms with Crippen LogP contribution in [-0.2, 0) is 0 Å². The maximum Gasteiger partial charge on any atom is 0.257 e. The zero-order valence-corrected chi connectivity index (χ0v) is 17.1. The Morgan fingerprint density at radius 2 is 1.83 bits per heavy atom. The number of para-hydroxylation sites is 2. The molecule has 7 heteroatoms. The Morgan fingerprint density at radius 1 is 1.13 bits per heavy atom. The number of rotatable bonds is 6. The van der Waals surface area contributed by atoms with Gasteiger partial charge in [-0.25, -0.2) is 9.97 Å². The van der Waals surface area contributed by atoms with Crippen molar-refractivity contribution in [2.75, 3.05) is 12.3 Å². The van der Waals surface area contributed by atoms with Crippen molar-refractivity contribution in [1.82, 2.24) is 20.0 Å². The first-order chi connectivity index (χ1) is 14.6. The molecule has 4 rings (SSSR count). The molecule has 0 spiro atoms. The van der Waals surface area contributed by atoms with Crippen LogP contribution in [-0.4, -0.2) is 33.3 Å². The van der Waals surface area contributed by atoms with E-state index in [1.165, 1.54) is 10.2 Å². The van der Waals surface area contributed by atoms with Crippen LogP contribution in [0.25, 0.3) is 22.2 Å². The van der Waals surface area contributed by atoms with Crippen molar-refractivity contribution in [2.24, 2.45) is 5.10 Å². The fourth-order valence-corrected chi connectivity index (χ4v) is 3.23.